The van der Waals surface area contributed by atoms with Gasteiger partial charge in [-0.3, -0.25) is 9.59 Å². The van der Waals surface area contributed by atoms with Gasteiger partial charge in [-0.05, 0) is 49.2 Å². The quantitative estimate of drug-likeness (QED) is 0.254. The second-order valence-electron chi connectivity index (χ2n) is 6.55. The lowest BCUT2D eigenvalue weighted by Crippen LogP contribution is -2.26. The number of amides is 2. The van der Waals surface area contributed by atoms with Crippen molar-refractivity contribution in [2.24, 2.45) is 0 Å². The van der Waals surface area contributed by atoms with Crippen molar-refractivity contribution in [2.45, 2.75) is 30.6 Å². The minimum Gasteiger partial charge on any atom is -0.399 e. The van der Waals surface area contributed by atoms with Gasteiger partial charge in [0, 0.05) is 23.5 Å². The Morgan fingerprint density at radius 3 is 2.59 bits per heavy atom. The van der Waals surface area contributed by atoms with E-state index in [0.29, 0.717) is 29.5 Å². The molecule has 29 heavy (non-hydrogen) atoms. The minimum atomic E-state index is -0.0204. The third-order valence-electron chi connectivity index (χ3n) is 4.19. The number of aromatic nitrogens is 1. The van der Waals surface area contributed by atoms with Gasteiger partial charge in [0.2, 0.25) is 11.8 Å². The lowest BCUT2D eigenvalue weighted by molar-refractivity contribution is -0.118. The molecule has 1 aromatic heterocycles. The molecule has 2 amide bonds. The van der Waals surface area contributed by atoms with Crippen LogP contribution in [0.3, 0.4) is 0 Å². The first kappa shape index (κ1) is 21.1. The van der Waals surface area contributed by atoms with E-state index in [0.717, 1.165) is 34.4 Å². The van der Waals surface area contributed by atoms with Crippen LogP contribution in [-0.2, 0) is 9.59 Å². The Kier molecular flexibility index (Phi) is 7.89. The van der Waals surface area contributed by atoms with Crippen LogP contribution in [-0.4, -0.2) is 29.1 Å². The monoisotopic (exact) mass is 428 g/mol. The Hall–Kier alpha value is -2.58. The highest BCUT2D eigenvalue weighted by molar-refractivity contribution is 8.00. The van der Waals surface area contributed by atoms with Crippen molar-refractivity contribution in [1.29, 1.82) is 0 Å². The fraction of sp³-hybridized carbons (Fsp3) is 0.286. The number of carbonyl (C=O) groups excluding carboxylic acids is 2. The van der Waals surface area contributed by atoms with E-state index < -0.39 is 0 Å². The van der Waals surface area contributed by atoms with Crippen molar-refractivity contribution in [2.75, 3.05) is 23.3 Å². The molecular formula is C21H24N4O2S2. The molecule has 0 aliphatic heterocycles. The molecule has 6 nitrogen and oxygen atoms in total. The molecule has 0 radical (unpaired) electrons. The SMILES string of the molecule is Nc1ccc(SCC(=O)NCCCCCC(=O)Nc2nc3ccccc3s2)cc1. The molecule has 0 saturated heterocycles. The maximum atomic E-state index is 12.0. The standard InChI is InChI=1S/C21H24N4O2S2/c22-15-9-11-16(12-10-15)28-14-20(27)23-13-5-1-2-8-19(26)25-21-24-17-6-3-4-7-18(17)29-21/h3-4,6-7,9-12H,1-2,5,8,13-14,22H2,(H,23,27)(H,24,25,26). The molecule has 1 heterocycles. The number of thioether (sulfide) groups is 1. The van der Waals surface area contributed by atoms with E-state index in [4.69, 9.17) is 5.73 Å². The average Bonchev–Trinajstić information content (AvgIpc) is 3.12. The number of rotatable bonds is 10. The number of benzene rings is 2. The Morgan fingerprint density at radius 2 is 1.79 bits per heavy atom. The summed E-state index contributed by atoms with van der Waals surface area (Å²) in [6.45, 7) is 0.626. The number of hydrogen-bond donors (Lipinski definition) is 3. The van der Waals surface area contributed by atoms with Crippen molar-refractivity contribution in [1.82, 2.24) is 10.3 Å². The van der Waals surface area contributed by atoms with Gasteiger partial charge in [-0.2, -0.15) is 0 Å². The Labute approximate surface area is 178 Å². The molecule has 4 N–H and O–H groups in total. The van der Waals surface area contributed by atoms with Crippen LogP contribution in [0, 0.1) is 0 Å². The minimum absolute atomic E-state index is 0.0143. The maximum absolute atomic E-state index is 12.0. The third-order valence-corrected chi connectivity index (χ3v) is 6.16. The average molecular weight is 429 g/mol. The molecule has 2 aromatic carbocycles. The molecule has 3 aromatic rings. The van der Waals surface area contributed by atoms with Crippen molar-refractivity contribution in [3.05, 3.63) is 48.5 Å². The summed E-state index contributed by atoms with van der Waals surface area (Å²) < 4.78 is 1.06. The van der Waals surface area contributed by atoms with Gasteiger partial charge in [-0.25, -0.2) is 4.98 Å². The number of hydrogen-bond acceptors (Lipinski definition) is 6. The lowest BCUT2D eigenvalue weighted by Gasteiger charge is -2.06. The van der Waals surface area contributed by atoms with Crippen LogP contribution in [0.5, 0.6) is 0 Å². The number of nitrogens with zero attached hydrogens (tertiary/aromatic N) is 1. The van der Waals surface area contributed by atoms with Crippen LogP contribution in [0.2, 0.25) is 0 Å². The van der Waals surface area contributed by atoms with E-state index >= 15 is 0 Å². The van der Waals surface area contributed by atoms with Crippen molar-refractivity contribution in [3.8, 4) is 0 Å². The van der Waals surface area contributed by atoms with Gasteiger partial charge < -0.3 is 16.4 Å². The van der Waals surface area contributed by atoms with Gasteiger partial charge in [0.25, 0.3) is 0 Å². The number of carbonyl (C=O) groups is 2. The zero-order chi connectivity index (χ0) is 20.5. The number of nitrogens with two attached hydrogens (primary N) is 1. The van der Waals surface area contributed by atoms with E-state index in [2.05, 4.69) is 15.6 Å². The fourth-order valence-corrected chi connectivity index (χ4v) is 4.30. The van der Waals surface area contributed by atoms with Crippen LogP contribution >= 0.6 is 23.1 Å². The zero-order valence-electron chi connectivity index (χ0n) is 16.0. The molecule has 0 saturated carbocycles. The number of unbranched alkanes of at least 4 members (excludes halogenated alkanes) is 2. The predicted molar refractivity (Wildman–Crippen MR) is 121 cm³/mol. The summed E-state index contributed by atoms with van der Waals surface area (Å²) in [5.74, 6) is 0.377. The van der Waals surface area contributed by atoms with Crippen LogP contribution < -0.4 is 16.4 Å². The second kappa shape index (κ2) is 10.8. The molecule has 0 spiro atoms. The first-order valence-electron chi connectivity index (χ1n) is 9.50. The molecule has 0 unspecified atom stereocenters. The molecule has 0 fully saturated rings. The molecular weight excluding hydrogens is 404 g/mol. The Bertz CT molecular complexity index is 924. The van der Waals surface area contributed by atoms with E-state index in [1.165, 1.54) is 23.1 Å². The van der Waals surface area contributed by atoms with E-state index in [-0.39, 0.29) is 11.8 Å². The maximum Gasteiger partial charge on any atom is 0.230 e. The van der Waals surface area contributed by atoms with Crippen LogP contribution in [0.1, 0.15) is 25.7 Å². The van der Waals surface area contributed by atoms with Gasteiger partial charge >= 0.3 is 0 Å². The Balaban J connectivity index is 1.24. The topological polar surface area (TPSA) is 97.1 Å². The highest BCUT2D eigenvalue weighted by Crippen LogP contribution is 2.25. The molecule has 0 bridgehead atoms. The van der Waals surface area contributed by atoms with Crippen molar-refractivity contribution >= 4 is 55.9 Å². The summed E-state index contributed by atoms with van der Waals surface area (Å²) in [4.78, 5) is 29.3. The summed E-state index contributed by atoms with van der Waals surface area (Å²) in [5, 5.41) is 6.42. The largest absolute Gasteiger partial charge is 0.399 e. The van der Waals surface area contributed by atoms with Gasteiger partial charge in [0.1, 0.15) is 0 Å². The molecule has 0 aliphatic rings. The summed E-state index contributed by atoms with van der Waals surface area (Å²) in [6.07, 6.45) is 2.98. The molecule has 8 heteroatoms. The van der Waals surface area contributed by atoms with Crippen molar-refractivity contribution < 1.29 is 9.59 Å². The summed E-state index contributed by atoms with van der Waals surface area (Å²) in [6, 6.07) is 15.3. The van der Waals surface area contributed by atoms with Gasteiger partial charge in [0.05, 0.1) is 16.0 Å². The van der Waals surface area contributed by atoms with Crippen LogP contribution in [0.15, 0.2) is 53.4 Å². The smallest absolute Gasteiger partial charge is 0.230 e. The Morgan fingerprint density at radius 1 is 1.00 bits per heavy atom. The van der Waals surface area contributed by atoms with E-state index in [9.17, 15) is 9.59 Å². The van der Waals surface area contributed by atoms with Gasteiger partial charge in [-0.15, -0.1) is 11.8 Å². The highest BCUT2D eigenvalue weighted by Gasteiger charge is 2.07. The number of thiazole rings is 1. The zero-order valence-corrected chi connectivity index (χ0v) is 17.7. The first-order chi connectivity index (χ1) is 14.1. The third kappa shape index (κ3) is 7.07. The fourth-order valence-electron chi connectivity index (χ4n) is 2.69. The predicted octanol–water partition coefficient (Wildman–Crippen LogP) is 4.29. The van der Waals surface area contributed by atoms with E-state index in [1.54, 1.807) is 0 Å². The summed E-state index contributed by atoms with van der Waals surface area (Å²) in [7, 11) is 0. The van der Waals surface area contributed by atoms with Crippen molar-refractivity contribution in [3.63, 3.8) is 0 Å². The number of anilines is 2. The highest BCUT2D eigenvalue weighted by atomic mass is 32.2. The molecule has 3 rings (SSSR count). The number of nitrogens with one attached hydrogen (secondary N) is 2. The normalized spacial score (nSPS) is 10.8. The van der Waals surface area contributed by atoms with Crippen LogP contribution in [0.25, 0.3) is 10.2 Å². The van der Waals surface area contributed by atoms with Gasteiger partial charge in [0.15, 0.2) is 5.13 Å². The molecule has 152 valence electrons. The lowest BCUT2D eigenvalue weighted by atomic mass is 10.2. The summed E-state index contributed by atoms with van der Waals surface area (Å²) in [5.41, 5.74) is 7.26. The van der Waals surface area contributed by atoms with Gasteiger partial charge in [-0.1, -0.05) is 29.9 Å². The first-order valence-corrected chi connectivity index (χ1v) is 11.3. The van der Waals surface area contributed by atoms with Crippen LogP contribution in [0.4, 0.5) is 10.8 Å². The number of nitrogen functional groups attached to an aromatic ring is 1. The molecule has 0 atom stereocenters. The second-order valence-corrected chi connectivity index (χ2v) is 8.63. The number of para-hydroxylation sites is 1. The molecule has 0 aliphatic carbocycles. The summed E-state index contributed by atoms with van der Waals surface area (Å²) >= 11 is 2.97. The number of fused-ring (bicyclic) bond motifs is 1. The van der Waals surface area contributed by atoms with E-state index in [1.807, 2.05) is 48.5 Å².